The first-order valence-corrected chi connectivity index (χ1v) is 13.2. The number of carbonyl (C=O) groups excluding carboxylic acids is 3. The van der Waals surface area contributed by atoms with Gasteiger partial charge in [0.25, 0.3) is 0 Å². The third kappa shape index (κ3) is 4.29. The molecule has 2 unspecified atom stereocenters. The van der Waals surface area contributed by atoms with Crippen molar-refractivity contribution < 1.29 is 24.2 Å². The van der Waals surface area contributed by atoms with Crippen molar-refractivity contribution in [2.75, 3.05) is 26.3 Å². The highest BCUT2D eigenvalue weighted by Crippen LogP contribution is 2.71. The van der Waals surface area contributed by atoms with E-state index >= 15 is 0 Å². The Bertz CT molecular complexity index is 853. The third-order valence-electron chi connectivity index (χ3n) is 7.66. The van der Waals surface area contributed by atoms with Crippen LogP contribution in [-0.4, -0.2) is 80.1 Å². The number of aliphatic hydroxyl groups is 1. The van der Waals surface area contributed by atoms with Gasteiger partial charge in [0.05, 0.1) is 29.8 Å². The van der Waals surface area contributed by atoms with E-state index in [1.165, 1.54) is 0 Å². The van der Waals surface area contributed by atoms with Crippen LogP contribution in [0.1, 0.15) is 67.7 Å². The van der Waals surface area contributed by atoms with Crippen molar-refractivity contribution in [3.63, 3.8) is 0 Å². The van der Waals surface area contributed by atoms with Crippen LogP contribution in [0.4, 0.5) is 0 Å². The van der Waals surface area contributed by atoms with Crippen molar-refractivity contribution in [3.8, 4) is 0 Å². The molecule has 34 heavy (non-hydrogen) atoms. The summed E-state index contributed by atoms with van der Waals surface area (Å²) >= 11 is 1.62. The number of β-amino-alcohol motifs (C(OH)–C–C–N with tert-alkyl or cyclic N) is 1. The van der Waals surface area contributed by atoms with E-state index in [4.69, 9.17) is 4.74 Å². The lowest BCUT2D eigenvalue weighted by molar-refractivity contribution is -0.155. The van der Waals surface area contributed by atoms with Gasteiger partial charge in [0, 0.05) is 23.4 Å². The summed E-state index contributed by atoms with van der Waals surface area (Å²) in [5, 5.41) is 9.81. The number of rotatable bonds is 9. The number of carbonyl (C=O) groups is 3. The smallest absolute Gasteiger partial charge is 0.311 e. The summed E-state index contributed by atoms with van der Waals surface area (Å²) in [5.41, 5.74) is -0.485. The molecule has 3 saturated heterocycles. The second kappa shape index (κ2) is 9.16. The van der Waals surface area contributed by atoms with Gasteiger partial charge in [0.15, 0.2) is 0 Å². The summed E-state index contributed by atoms with van der Waals surface area (Å²) in [5.74, 6) is -1.90. The Balaban J connectivity index is 2.08. The second-order valence-electron chi connectivity index (χ2n) is 12.0. The van der Waals surface area contributed by atoms with Gasteiger partial charge in [-0.05, 0) is 52.4 Å². The number of fused-ring (bicyclic) bond motifs is 1. The maximum absolute atomic E-state index is 14.4. The molecule has 2 amide bonds. The molecule has 2 bridgehead atoms. The Kier molecular flexibility index (Phi) is 7.29. The quantitative estimate of drug-likeness (QED) is 0.391. The van der Waals surface area contributed by atoms with Gasteiger partial charge in [-0.1, -0.05) is 26.8 Å². The average Bonchev–Trinajstić information content (AvgIpc) is 3.25. The standard InChI is InChI=1S/C26H42N2O5S/c1-9-13-28(24(6,7)16-23(3,4)5)21(31)19-26-12-11-25(8,34-26)18(22(32)33-10-2)17(26)20(30)27(19)14-15-29/h9,17-19,29H,1,10-16H2,2-8H3/t17-,18-,19?,25+,26?/m0/s1. The van der Waals surface area contributed by atoms with Gasteiger partial charge in [-0.25, -0.2) is 0 Å². The molecule has 3 rings (SSSR count). The van der Waals surface area contributed by atoms with Crippen LogP contribution in [0.5, 0.6) is 0 Å². The molecule has 3 heterocycles. The molecule has 1 spiro atoms. The largest absolute Gasteiger partial charge is 0.466 e. The van der Waals surface area contributed by atoms with E-state index in [1.807, 2.05) is 11.8 Å². The maximum Gasteiger partial charge on any atom is 0.311 e. The van der Waals surface area contributed by atoms with Crippen molar-refractivity contribution in [1.29, 1.82) is 0 Å². The summed E-state index contributed by atoms with van der Waals surface area (Å²) in [6, 6.07) is -0.734. The van der Waals surface area contributed by atoms with Gasteiger partial charge in [0.2, 0.25) is 11.8 Å². The summed E-state index contributed by atoms with van der Waals surface area (Å²) in [4.78, 5) is 44.6. The van der Waals surface area contributed by atoms with E-state index < -0.39 is 32.9 Å². The van der Waals surface area contributed by atoms with E-state index in [0.29, 0.717) is 13.0 Å². The molecule has 192 valence electrons. The number of thioether (sulfide) groups is 1. The van der Waals surface area contributed by atoms with Crippen molar-refractivity contribution in [1.82, 2.24) is 9.80 Å². The molecule has 3 fully saturated rings. The fourth-order valence-corrected chi connectivity index (χ4v) is 9.29. The number of hydrogen-bond acceptors (Lipinski definition) is 6. The number of esters is 1. The fourth-order valence-electron chi connectivity index (χ4n) is 6.95. The lowest BCUT2D eigenvalue weighted by atomic mass is 9.66. The number of nitrogens with zero attached hydrogens (tertiary/aromatic N) is 2. The fraction of sp³-hybridized carbons (Fsp3) is 0.808. The number of ether oxygens (including phenoxy) is 1. The zero-order valence-corrected chi connectivity index (χ0v) is 22.7. The summed E-state index contributed by atoms with van der Waals surface area (Å²) in [7, 11) is 0. The van der Waals surface area contributed by atoms with Crippen LogP contribution in [-0.2, 0) is 19.1 Å². The lowest BCUT2D eigenvalue weighted by Gasteiger charge is -2.45. The van der Waals surface area contributed by atoms with Crippen LogP contribution in [0.25, 0.3) is 0 Å². The SMILES string of the molecule is C=CCN(C(=O)C1N(CCO)C(=O)[C@@H]2[C@@H](C(=O)OCC)[C@@]3(C)CCC12S3)C(C)(C)CC(C)(C)C. The molecule has 8 heteroatoms. The van der Waals surface area contributed by atoms with Crippen LogP contribution in [0.2, 0.25) is 0 Å². The molecule has 0 aromatic heterocycles. The van der Waals surface area contributed by atoms with Crippen molar-refractivity contribution in [2.45, 2.75) is 88.8 Å². The lowest BCUT2D eigenvalue weighted by Crippen LogP contribution is -2.60. The van der Waals surface area contributed by atoms with Crippen molar-refractivity contribution >= 4 is 29.5 Å². The van der Waals surface area contributed by atoms with Crippen LogP contribution >= 0.6 is 11.8 Å². The van der Waals surface area contributed by atoms with Crippen molar-refractivity contribution in [2.24, 2.45) is 17.3 Å². The Morgan fingerprint density at radius 3 is 2.47 bits per heavy atom. The van der Waals surface area contributed by atoms with Crippen LogP contribution < -0.4 is 0 Å². The first kappa shape index (κ1) is 27.1. The zero-order valence-electron chi connectivity index (χ0n) is 21.8. The molecule has 0 aliphatic carbocycles. The number of aliphatic hydroxyl groups excluding tert-OH is 1. The molecule has 0 radical (unpaired) electrons. The first-order chi connectivity index (χ1) is 15.7. The van der Waals surface area contributed by atoms with E-state index in [0.717, 1.165) is 12.8 Å². The minimum atomic E-state index is -0.734. The molecule has 0 aromatic rings. The molecule has 7 nitrogen and oxygen atoms in total. The first-order valence-electron chi connectivity index (χ1n) is 12.4. The van der Waals surface area contributed by atoms with Crippen LogP contribution in [0, 0.1) is 17.3 Å². The summed E-state index contributed by atoms with van der Waals surface area (Å²) < 4.78 is 4.26. The second-order valence-corrected chi connectivity index (χ2v) is 13.9. The van der Waals surface area contributed by atoms with E-state index in [9.17, 15) is 19.5 Å². The summed E-state index contributed by atoms with van der Waals surface area (Å²) in [6.07, 6.45) is 3.93. The molecule has 0 aromatic carbocycles. The Morgan fingerprint density at radius 2 is 1.94 bits per heavy atom. The van der Waals surface area contributed by atoms with Gasteiger partial charge in [-0.15, -0.1) is 18.3 Å². The van der Waals surface area contributed by atoms with Gasteiger partial charge in [-0.3, -0.25) is 14.4 Å². The molecular formula is C26H42N2O5S. The van der Waals surface area contributed by atoms with E-state index in [-0.39, 0.29) is 43.0 Å². The minimum absolute atomic E-state index is 0.0106. The minimum Gasteiger partial charge on any atom is -0.466 e. The predicted molar refractivity (Wildman–Crippen MR) is 134 cm³/mol. The van der Waals surface area contributed by atoms with Gasteiger partial charge >= 0.3 is 5.97 Å². The molecular weight excluding hydrogens is 452 g/mol. The molecule has 3 aliphatic rings. The Labute approximate surface area is 208 Å². The monoisotopic (exact) mass is 494 g/mol. The molecule has 5 atom stereocenters. The van der Waals surface area contributed by atoms with E-state index in [2.05, 4.69) is 41.2 Å². The highest BCUT2D eigenvalue weighted by atomic mass is 32.2. The molecule has 3 aliphatic heterocycles. The van der Waals surface area contributed by atoms with Crippen molar-refractivity contribution in [3.05, 3.63) is 12.7 Å². The van der Waals surface area contributed by atoms with Crippen LogP contribution in [0.3, 0.4) is 0 Å². The van der Waals surface area contributed by atoms with Gasteiger partial charge in [-0.2, -0.15) is 0 Å². The predicted octanol–water partition coefficient (Wildman–Crippen LogP) is 3.25. The number of amides is 2. The summed E-state index contributed by atoms with van der Waals surface area (Å²) in [6.45, 7) is 18.7. The third-order valence-corrected chi connectivity index (χ3v) is 9.65. The Morgan fingerprint density at radius 1 is 1.29 bits per heavy atom. The topological polar surface area (TPSA) is 87.2 Å². The average molecular weight is 495 g/mol. The zero-order chi connectivity index (χ0) is 25.7. The molecule has 0 saturated carbocycles. The Hall–Kier alpha value is -1.54. The van der Waals surface area contributed by atoms with E-state index in [1.54, 1.807) is 29.7 Å². The molecule has 1 N–H and O–H groups in total. The number of likely N-dealkylation sites (tertiary alicyclic amines) is 1. The van der Waals surface area contributed by atoms with Gasteiger partial charge < -0.3 is 19.6 Å². The highest BCUT2D eigenvalue weighted by Gasteiger charge is 2.77. The number of hydrogen-bond donors (Lipinski definition) is 1. The van der Waals surface area contributed by atoms with Gasteiger partial charge in [0.1, 0.15) is 6.04 Å². The normalized spacial score (nSPS) is 32.6. The maximum atomic E-state index is 14.4. The van der Waals surface area contributed by atoms with Crippen LogP contribution in [0.15, 0.2) is 12.7 Å². The highest BCUT2D eigenvalue weighted by molar-refractivity contribution is 8.02.